The van der Waals surface area contributed by atoms with Gasteiger partial charge in [0.25, 0.3) is 0 Å². The molecular weight excluding hydrogens is 286 g/mol. The Morgan fingerprint density at radius 1 is 1.15 bits per heavy atom. The van der Waals surface area contributed by atoms with Crippen LogP contribution in [0.3, 0.4) is 0 Å². The van der Waals surface area contributed by atoms with Crippen LogP contribution >= 0.6 is 22.7 Å². The lowest BCUT2D eigenvalue weighted by Gasteiger charge is -1.96. The van der Waals surface area contributed by atoms with Crippen LogP contribution in [-0.2, 0) is 6.42 Å². The van der Waals surface area contributed by atoms with Gasteiger partial charge in [0.05, 0.1) is 28.8 Å². The molecule has 20 heavy (non-hydrogen) atoms. The number of aryl methyl sites for hydroxylation is 1. The summed E-state index contributed by atoms with van der Waals surface area (Å²) in [6.07, 6.45) is 0.779. The van der Waals surface area contributed by atoms with Gasteiger partial charge in [0, 0.05) is 22.0 Å². The smallest absolute Gasteiger partial charge is 0.100 e. The molecule has 0 saturated carbocycles. The molecule has 0 bridgehead atoms. The Kier molecular flexibility index (Phi) is 3.59. The maximum atomic E-state index is 8.94. The Bertz CT molecular complexity index is 780. The number of rotatable bonds is 3. The van der Waals surface area contributed by atoms with Gasteiger partial charge in [0.15, 0.2) is 0 Å². The monoisotopic (exact) mass is 297 g/mol. The summed E-state index contributed by atoms with van der Waals surface area (Å²) in [5.41, 5.74) is 3.63. The van der Waals surface area contributed by atoms with Gasteiger partial charge in [-0.1, -0.05) is 12.1 Å². The molecule has 0 aliphatic rings. The van der Waals surface area contributed by atoms with Crippen LogP contribution in [0.1, 0.15) is 21.3 Å². The molecule has 0 fully saturated rings. The summed E-state index contributed by atoms with van der Waals surface area (Å²) in [5.74, 6) is 0. The molecule has 2 heterocycles. The maximum absolute atomic E-state index is 8.94. The SMILES string of the molecule is Cc1csc(Cc2nc(-c3cccc(C#N)c3)cs2)n1. The van der Waals surface area contributed by atoms with Crippen LogP contribution < -0.4 is 0 Å². The Balaban J connectivity index is 1.84. The molecule has 3 rings (SSSR count). The number of nitrogens with zero attached hydrogens (tertiary/aromatic N) is 3. The van der Waals surface area contributed by atoms with Crippen LogP contribution in [0.15, 0.2) is 35.0 Å². The molecule has 3 nitrogen and oxygen atoms in total. The number of thiazole rings is 2. The van der Waals surface area contributed by atoms with E-state index in [0.29, 0.717) is 5.56 Å². The van der Waals surface area contributed by atoms with Gasteiger partial charge in [-0.15, -0.1) is 22.7 Å². The van der Waals surface area contributed by atoms with Gasteiger partial charge in [0.1, 0.15) is 5.01 Å². The summed E-state index contributed by atoms with van der Waals surface area (Å²) in [4.78, 5) is 9.09. The van der Waals surface area contributed by atoms with Gasteiger partial charge < -0.3 is 0 Å². The molecule has 5 heteroatoms. The zero-order chi connectivity index (χ0) is 13.9. The Labute approximate surface area is 125 Å². The first kappa shape index (κ1) is 13.0. The maximum Gasteiger partial charge on any atom is 0.100 e. The van der Waals surface area contributed by atoms with Crippen molar-refractivity contribution in [1.82, 2.24) is 9.97 Å². The molecule has 0 unspecified atom stereocenters. The highest BCUT2D eigenvalue weighted by Gasteiger charge is 2.08. The molecule has 0 aliphatic carbocycles. The van der Waals surface area contributed by atoms with Gasteiger partial charge in [0.2, 0.25) is 0 Å². The van der Waals surface area contributed by atoms with Crippen molar-refractivity contribution in [2.45, 2.75) is 13.3 Å². The number of aromatic nitrogens is 2. The van der Waals surface area contributed by atoms with E-state index in [1.807, 2.05) is 30.5 Å². The molecule has 0 aliphatic heterocycles. The lowest BCUT2D eigenvalue weighted by Crippen LogP contribution is -1.87. The molecule has 0 saturated heterocycles. The molecule has 1 aromatic carbocycles. The first-order valence-corrected chi connectivity index (χ1v) is 7.86. The van der Waals surface area contributed by atoms with E-state index in [1.165, 1.54) is 0 Å². The van der Waals surface area contributed by atoms with E-state index >= 15 is 0 Å². The third-order valence-corrected chi connectivity index (χ3v) is 4.62. The molecular formula is C15H11N3S2. The van der Waals surface area contributed by atoms with Crippen molar-refractivity contribution < 1.29 is 0 Å². The van der Waals surface area contributed by atoms with E-state index in [-0.39, 0.29) is 0 Å². The van der Waals surface area contributed by atoms with Gasteiger partial charge >= 0.3 is 0 Å². The molecule has 0 amide bonds. The predicted molar refractivity (Wildman–Crippen MR) is 81.9 cm³/mol. The number of benzene rings is 1. The van der Waals surface area contributed by atoms with Crippen LogP contribution in [0.25, 0.3) is 11.3 Å². The minimum Gasteiger partial charge on any atom is -0.246 e. The largest absolute Gasteiger partial charge is 0.246 e. The molecule has 0 N–H and O–H groups in total. The zero-order valence-corrected chi connectivity index (χ0v) is 12.5. The van der Waals surface area contributed by atoms with Crippen molar-refractivity contribution >= 4 is 22.7 Å². The average molecular weight is 297 g/mol. The van der Waals surface area contributed by atoms with Crippen LogP contribution in [0, 0.1) is 18.3 Å². The Morgan fingerprint density at radius 3 is 2.70 bits per heavy atom. The van der Waals surface area contributed by atoms with E-state index in [1.54, 1.807) is 28.7 Å². The molecule has 98 valence electrons. The summed E-state index contributed by atoms with van der Waals surface area (Å²) in [7, 11) is 0. The Morgan fingerprint density at radius 2 is 1.95 bits per heavy atom. The van der Waals surface area contributed by atoms with E-state index in [2.05, 4.69) is 21.4 Å². The summed E-state index contributed by atoms with van der Waals surface area (Å²) in [6, 6.07) is 9.69. The second kappa shape index (κ2) is 5.53. The third-order valence-electron chi connectivity index (χ3n) is 2.81. The molecule has 3 aromatic rings. The normalized spacial score (nSPS) is 10.4. The second-order valence-corrected chi connectivity index (χ2v) is 6.26. The highest BCUT2D eigenvalue weighted by molar-refractivity contribution is 7.11. The summed E-state index contributed by atoms with van der Waals surface area (Å²) >= 11 is 3.30. The van der Waals surface area contributed by atoms with Crippen LogP contribution in [0.2, 0.25) is 0 Å². The van der Waals surface area contributed by atoms with Crippen LogP contribution in [-0.4, -0.2) is 9.97 Å². The fourth-order valence-corrected chi connectivity index (χ4v) is 3.56. The first-order chi connectivity index (χ1) is 9.74. The predicted octanol–water partition coefficient (Wildman–Crippen LogP) is 4.04. The van der Waals surface area contributed by atoms with E-state index < -0.39 is 0 Å². The average Bonchev–Trinajstić information content (AvgIpc) is 3.09. The van der Waals surface area contributed by atoms with Gasteiger partial charge in [-0.3, -0.25) is 0 Å². The van der Waals surface area contributed by atoms with Crippen molar-refractivity contribution in [2.75, 3.05) is 0 Å². The van der Waals surface area contributed by atoms with Gasteiger partial charge in [-0.05, 0) is 19.1 Å². The van der Waals surface area contributed by atoms with Crippen molar-refractivity contribution in [3.05, 3.63) is 56.3 Å². The van der Waals surface area contributed by atoms with Gasteiger partial charge in [-0.2, -0.15) is 5.26 Å². The van der Waals surface area contributed by atoms with Crippen molar-refractivity contribution in [3.8, 4) is 17.3 Å². The minimum atomic E-state index is 0.660. The van der Waals surface area contributed by atoms with E-state index in [0.717, 1.165) is 33.4 Å². The lowest BCUT2D eigenvalue weighted by atomic mass is 10.1. The quantitative estimate of drug-likeness (QED) is 0.733. The standard InChI is InChI=1S/C15H11N3S2/c1-10-8-19-14(17-10)6-15-18-13(9-20-15)12-4-2-3-11(5-12)7-16/h2-5,8-9H,6H2,1H3. The molecule has 2 aromatic heterocycles. The number of hydrogen-bond acceptors (Lipinski definition) is 5. The molecule has 0 spiro atoms. The van der Waals surface area contributed by atoms with E-state index in [4.69, 9.17) is 5.26 Å². The van der Waals surface area contributed by atoms with Crippen molar-refractivity contribution in [1.29, 1.82) is 5.26 Å². The highest BCUT2D eigenvalue weighted by atomic mass is 32.1. The van der Waals surface area contributed by atoms with E-state index in [9.17, 15) is 0 Å². The lowest BCUT2D eigenvalue weighted by molar-refractivity contribution is 1.08. The molecule has 0 atom stereocenters. The topological polar surface area (TPSA) is 49.6 Å². The minimum absolute atomic E-state index is 0.660. The summed E-state index contributed by atoms with van der Waals surface area (Å²) < 4.78 is 0. The Hall–Kier alpha value is -2.03. The number of hydrogen-bond donors (Lipinski definition) is 0. The van der Waals surface area contributed by atoms with Gasteiger partial charge in [-0.25, -0.2) is 9.97 Å². The second-order valence-electron chi connectivity index (χ2n) is 4.38. The van der Waals surface area contributed by atoms with Crippen molar-refractivity contribution in [3.63, 3.8) is 0 Å². The summed E-state index contributed by atoms with van der Waals surface area (Å²) in [5, 5.41) is 15.2. The highest BCUT2D eigenvalue weighted by Crippen LogP contribution is 2.24. The van der Waals surface area contributed by atoms with Crippen LogP contribution in [0.5, 0.6) is 0 Å². The molecule has 0 radical (unpaired) electrons. The van der Waals surface area contributed by atoms with Crippen LogP contribution in [0.4, 0.5) is 0 Å². The number of nitriles is 1. The van der Waals surface area contributed by atoms with Crippen molar-refractivity contribution in [2.24, 2.45) is 0 Å². The third kappa shape index (κ3) is 2.77. The fourth-order valence-electron chi connectivity index (χ4n) is 1.89. The first-order valence-electron chi connectivity index (χ1n) is 6.10. The fraction of sp³-hybridized carbons (Fsp3) is 0.133. The zero-order valence-electron chi connectivity index (χ0n) is 10.8. The summed E-state index contributed by atoms with van der Waals surface area (Å²) in [6.45, 7) is 2.00.